The third-order valence-electron chi connectivity index (χ3n) is 4.23. The van der Waals surface area contributed by atoms with Crippen LogP contribution in [0.1, 0.15) is 32.1 Å². The summed E-state index contributed by atoms with van der Waals surface area (Å²) >= 11 is 0. The van der Waals surface area contributed by atoms with Gasteiger partial charge in [-0.05, 0) is 32.1 Å². The molecule has 0 spiro atoms. The fraction of sp³-hybridized carbons (Fsp3) is 0.846. The maximum atomic E-state index is 12.3. The van der Waals surface area contributed by atoms with E-state index in [0.717, 1.165) is 13.0 Å². The molecule has 5 heteroatoms. The zero-order valence-corrected chi connectivity index (χ0v) is 10.8. The minimum Gasteiger partial charge on any atom is -0.481 e. The van der Waals surface area contributed by atoms with E-state index in [4.69, 9.17) is 9.84 Å². The Morgan fingerprint density at radius 1 is 1.11 bits per heavy atom. The van der Waals surface area contributed by atoms with Crippen molar-refractivity contribution in [2.75, 3.05) is 20.3 Å². The molecule has 2 aliphatic rings. The maximum Gasteiger partial charge on any atom is 0.306 e. The number of amides is 1. The molecular weight excluding hydrogens is 234 g/mol. The number of likely N-dealkylation sites (N-methyl/N-ethyl adjacent to an activating group) is 1. The molecule has 1 unspecified atom stereocenters. The third kappa shape index (κ3) is 2.83. The molecule has 0 bridgehead atoms. The largest absolute Gasteiger partial charge is 0.481 e. The van der Waals surface area contributed by atoms with Crippen molar-refractivity contribution in [2.24, 2.45) is 11.8 Å². The predicted octanol–water partition coefficient (Wildman–Crippen LogP) is 1.12. The Balaban J connectivity index is 1.85. The molecule has 0 radical (unpaired) electrons. The number of hydrogen-bond donors (Lipinski definition) is 1. The minimum atomic E-state index is -0.724. The van der Waals surface area contributed by atoms with E-state index in [0.29, 0.717) is 32.3 Å². The van der Waals surface area contributed by atoms with Crippen LogP contribution in [0.25, 0.3) is 0 Å². The summed E-state index contributed by atoms with van der Waals surface area (Å²) in [6.45, 7) is 1.36. The Morgan fingerprint density at radius 2 is 1.72 bits per heavy atom. The molecule has 0 aromatic carbocycles. The van der Waals surface area contributed by atoms with E-state index in [1.54, 1.807) is 4.90 Å². The summed E-state index contributed by atoms with van der Waals surface area (Å²) in [4.78, 5) is 25.0. The summed E-state index contributed by atoms with van der Waals surface area (Å²) in [6.07, 6.45) is 3.57. The van der Waals surface area contributed by atoms with Crippen molar-refractivity contribution in [3.63, 3.8) is 0 Å². The first-order valence-electron chi connectivity index (χ1n) is 6.67. The lowest BCUT2D eigenvalue weighted by Gasteiger charge is -2.31. The molecule has 1 aliphatic heterocycles. The standard InChI is InChI=1S/C13H21NO4/c1-14(11-6-7-18-8-11)12(15)9-2-4-10(5-3-9)13(16)17/h9-11H,2-8H2,1H3,(H,16,17). The van der Waals surface area contributed by atoms with E-state index in [1.807, 2.05) is 7.05 Å². The van der Waals surface area contributed by atoms with Gasteiger partial charge in [-0.15, -0.1) is 0 Å². The van der Waals surface area contributed by atoms with Gasteiger partial charge in [-0.3, -0.25) is 9.59 Å². The number of carbonyl (C=O) groups excluding carboxylic acids is 1. The first kappa shape index (κ1) is 13.3. The van der Waals surface area contributed by atoms with Crippen LogP contribution in [0.15, 0.2) is 0 Å². The van der Waals surface area contributed by atoms with Crippen LogP contribution in [0.4, 0.5) is 0 Å². The number of carbonyl (C=O) groups is 2. The summed E-state index contributed by atoms with van der Waals surface area (Å²) in [6, 6.07) is 0.203. The van der Waals surface area contributed by atoms with Crippen LogP contribution >= 0.6 is 0 Å². The lowest BCUT2D eigenvalue weighted by atomic mass is 9.81. The van der Waals surface area contributed by atoms with Crippen molar-refractivity contribution in [1.82, 2.24) is 4.90 Å². The fourth-order valence-corrected chi connectivity index (χ4v) is 2.88. The second kappa shape index (κ2) is 5.69. The van der Waals surface area contributed by atoms with Crippen LogP contribution in [0.3, 0.4) is 0 Å². The predicted molar refractivity (Wildman–Crippen MR) is 65.1 cm³/mol. The van der Waals surface area contributed by atoms with Crippen LogP contribution < -0.4 is 0 Å². The molecule has 1 amide bonds. The zero-order chi connectivity index (χ0) is 13.1. The summed E-state index contributed by atoms with van der Waals surface area (Å²) in [5.41, 5.74) is 0. The molecule has 5 nitrogen and oxygen atoms in total. The van der Waals surface area contributed by atoms with Crippen molar-refractivity contribution in [3.05, 3.63) is 0 Å². The van der Waals surface area contributed by atoms with E-state index in [9.17, 15) is 9.59 Å². The normalized spacial score (nSPS) is 32.2. The van der Waals surface area contributed by atoms with Crippen molar-refractivity contribution >= 4 is 11.9 Å². The molecule has 1 N–H and O–H groups in total. The average molecular weight is 255 g/mol. The molecule has 1 saturated carbocycles. The first-order chi connectivity index (χ1) is 8.59. The van der Waals surface area contributed by atoms with E-state index >= 15 is 0 Å². The van der Waals surface area contributed by atoms with E-state index < -0.39 is 5.97 Å². The van der Waals surface area contributed by atoms with Crippen molar-refractivity contribution in [1.29, 1.82) is 0 Å². The van der Waals surface area contributed by atoms with Crippen LogP contribution in [0.5, 0.6) is 0 Å². The fourth-order valence-electron chi connectivity index (χ4n) is 2.88. The lowest BCUT2D eigenvalue weighted by molar-refractivity contribution is -0.145. The molecule has 1 atom stereocenters. The van der Waals surface area contributed by atoms with Gasteiger partial charge in [0, 0.05) is 19.6 Å². The summed E-state index contributed by atoms with van der Waals surface area (Å²) in [5, 5.41) is 8.93. The SMILES string of the molecule is CN(C(=O)C1CCC(C(=O)O)CC1)C1CCOC1. The minimum absolute atomic E-state index is 0.00574. The highest BCUT2D eigenvalue weighted by molar-refractivity contribution is 5.79. The second-order valence-corrected chi connectivity index (χ2v) is 5.35. The molecule has 102 valence electrons. The van der Waals surface area contributed by atoms with Gasteiger partial charge in [0.05, 0.1) is 18.6 Å². The number of aliphatic carboxylic acids is 1. The maximum absolute atomic E-state index is 12.3. The molecule has 0 aromatic heterocycles. The van der Waals surface area contributed by atoms with Crippen LogP contribution in [0.2, 0.25) is 0 Å². The van der Waals surface area contributed by atoms with Crippen LogP contribution in [-0.2, 0) is 14.3 Å². The second-order valence-electron chi connectivity index (χ2n) is 5.35. The Morgan fingerprint density at radius 3 is 2.22 bits per heavy atom. The van der Waals surface area contributed by atoms with Crippen molar-refractivity contribution in [3.8, 4) is 0 Å². The molecule has 1 heterocycles. The first-order valence-corrected chi connectivity index (χ1v) is 6.67. The lowest BCUT2D eigenvalue weighted by Crippen LogP contribution is -2.42. The van der Waals surface area contributed by atoms with Crippen molar-refractivity contribution in [2.45, 2.75) is 38.1 Å². The quantitative estimate of drug-likeness (QED) is 0.820. The molecular formula is C13H21NO4. The van der Waals surface area contributed by atoms with E-state index in [2.05, 4.69) is 0 Å². The topological polar surface area (TPSA) is 66.8 Å². The van der Waals surface area contributed by atoms with Gasteiger partial charge in [-0.25, -0.2) is 0 Å². The Bertz CT molecular complexity index is 317. The average Bonchev–Trinajstić information content (AvgIpc) is 2.91. The third-order valence-corrected chi connectivity index (χ3v) is 4.23. The van der Waals surface area contributed by atoms with Crippen LogP contribution in [0, 0.1) is 11.8 Å². The highest BCUT2D eigenvalue weighted by Gasteiger charge is 2.33. The number of carboxylic acid groups (broad SMARTS) is 1. The van der Waals surface area contributed by atoms with Gasteiger partial charge < -0.3 is 14.7 Å². The van der Waals surface area contributed by atoms with Gasteiger partial charge in [0.2, 0.25) is 5.91 Å². The van der Waals surface area contributed by atoms with Gasteiger partial charge in [0.1, 0.15) is 0 Å². The molecule has 18 heavy (non-hydrogen) atoms. The molecule has 2 fully saturated rings. The number of nitrogens with zero attached hydrogens (tertiary/aromatic N) is 1. The highest BCUT2D eigenvalue weighted by atomic mass is 16.5. The van der Waals surface area contributed by atoms with Gasteiger partial charge in [-0.1, -0.05) is 0 Å². The Hall–Kier alpha value is -1.10. The van der Waals surface area contributed by atoms with Gasteiger partial charge >= 0.3 is 5.97 Å². The number of carboxylic acids is 1. The molecule has 1 aliphatic carbocycles. The molecule has 0 aromatic rings. The summed E-state index contributed by atoms with van der Waals surface area (Å²) in [7, 11) is 1.84. The van der Waals surface area contributed by atoms with Gasteiger partial charge in [-0.2, -0.15) is 0 Å². The van der Waals surface area contributed by atoms with Gasteiger partial charge in [0.25, 0.3) is 0 Å². The smallest absolute Gasteiger partial charge is 0.306 e. The number of rotatable bonds is 3. The van der Waals surface area contributed by atoms with Crippen molar-refractivity contribution < 1.29 is 19.4 Å². The Kier molecular flexibility index (Phi) is 4.22. The summed E-state index contributed by atoms with van der Waals surface area (Å²) < 4.78 is 5.29. The van der Waals surface area contributed by atoms with Crippen LogP contribution in [-0.4, -0.2) is 48.2 Å². The number of hydrogen-bond acceptors (Lipinski definition) is 3. The Labute approximate surface area is 107 Å². The summed E-state index contributed by atoms with van der Waals surface area (Å²) in [5.74, 6) is -0.812. The van der Waals surface area contributed by atoms with E-state index in [-0.39, 0.29) is 23.8 Å². The van der Waals surface area contributed by atoms with E-state index in [1.165, 1.54) is 0 Å². The highest BCUT2D eigenvalue weighted by Crippen LogP contribution is 2.30. The monoisotopic (exact) mass is 255 g/mol. The number of ether oxygens (including phenoxy) is 1. The molecule has 1 saturated heterocycles. The molecule has 2 rings (SSSR count). The van der Waals surface area contributed by atoms with Gasteiger partial charge in [0.15, 0.2) is 0 Å². The zero-order valence-electron chi connectivity index (χ0n) is 10.8.